The number of rotatable bonds is 6. The molecule has 1 aromatic rings. The van der Waals surface area contributed by atoms with Gasteiger partial charge in [-0.05, 0) is 69.0 Å². The van der Waals surface area contributed by atoms with Crippen molar-refractivity contribution in [2.24, 2.45) is 11.8 Å². The molecule has 126 valence electrons. The summed E-state index contributed by atoms with van der Waals surface area (Å²) in [7, 11) is -3.50. The third-order valence-corrected chi connectivity index (χ3v) is 5.78. The Balaban J connectivity index is 1.57. The van der Waals surface area contributed by atoms with Gasteiger partial charge < -0.3 is 10.6 Å². The molecule has 1 amide bonds. The number of piperidine rings is 1. The normalized spacial score (nSPS) is 21.8. The van der Waals surface area contributed by atoms with Crippen molar-refractivity contribution in [2.75, 3.05) is 25.0 Å². The van der Waals surface area contributed by atoms with E-state index in [2.05, 4.69) is 15.4 Å². The largest absolute Gasteiger partial charge is 0.326 e. The van der Waals surface area contributed by atoms with Gasteiger partial charge in [-0.2, -0.15) is 0 Å². The van der Waals surface area contributed by atoms with Gasteiger partial charge in [-0.1, -0.05) is 0 Å². The summed E-state index contributed by atoms with van der Waals surface area (Å²) in [6.07, 6.45) is 4.01. The summed E-state index contributed by atoms with van der Waals surface area (Å²) in [5.41, 5.74) is 0.636. The molecule has 0 aromatic heterocycles. The SMILES string of the molecule is O=C(Nc1ccc(S(=O)(=O)NC[C@@H]2CCCNC2)cc1)C1CC1. The molecule has 1 saturated heterocycles. The van der Waals surface area contributed by atoms with E-state index in [0.29, 0.717) is 18.2 Å². The predicted octanol–water partition coefficient (Wildman–Crippen LogP) is 1.31. The fraction of sp³-hybridized carbons (Fsp3) is 0.562. The maximum Gasteiger partial charge on any atom is 0.240 e. The highest BCUT2D eigenvalue weighted by atomic mass is 32.2. The number of hydrogen-bond acceptors (Lipinski definition) is 4. The Kier molecular flexibility index (Phi) is 4.99. The molecule has 0 spiro atoms. The molecule has 0 bridgehead atoms. The molecule has 0 unspecified atom stereocenters. The maximum atomic E-state index is 12.3. The average Bonchev–Trinajstić information content (AvgIpc) is 3.40. The van der Waals surface area contributed by atoms with E-state index in [9.17, 15) is 13.2 Å². The van der Waals surface area contributed by atoms with Gasteiger partial charge in [0, 0.05) is 18.2 Å². The molecule has 2 fully saturated rings. The molecule has 1 aromatic carbocycles. The van der Waals surface area contributed by atoms with Crippen LogP contribution >= 0.6 is 0 Å². The highest BCUT2D eigenvalue weighted by Crippen LogP contribution is 2.30. The number of benzene rings is 1. The second-order valence-electron chi connectivity index (χ2n) is 6.35. The fourth-order valence-electron chi connectivity index (χ4n) is 2.72. The summed E-state index contributed by atoms with van der Waals surface area (Å²) >= 11 is 0. The Labute approximate surface area is 137 Å². The smallest absolute Gasteiger partial charge is 0.240 e. The molecule has 6 nitrogen and oxygen atoms in total. The van der Waals surface area contributed by atoms with Crippen LogP contribution in [-0.4, -0.2) is 34.0 Å². The second-order valence-corrected chi connectivity index (χ2v) is 8.12. The highest BCUT2D eigenvalue weighted by molar-refractivity contribution is 7.89. The van der Waals surface area contributed by atoms with E-state index in [1.54, 1.807) is 12.1 Å². The molecule has 1 aliphatic heterocycles. The zero-order valence-electron chi connectivity index (χ0n) is 13.0. The van der Waals surface area contributed by atoms with Gasteiger partial charge in [-0.25, -0.2) is 13.1 Å². The van der Waals surface area contributed by atoms with E-state index < -0.39 is 10.0 Å². The summed E-state index contributed by atoms with van der Waals surface area (Å²) in [5, 5.41) is 6.08. The van der Waals surface area contributed by atoms with Gasteiger partial charge in [0.15, 0.2) is 0 Å². The topological polar surface area (TPSA) is 87.3 Å². The zero-order valence-corrected chi connectivity index (χ0v) is 13.9. The Morgan fingerprint density at radius 3 is 2.52 bits per heavy atom. The third-order valence-electron chi connectivity index (χ3n) is 4.34. The number of carbonyl (C=O) groups is 1. The van der Waals surface area contributed by atoms with Crippen LogP contribution in [0.1, 0.15) is 25.7 Å². The van der Waals surface area contributed by atoms with Crippen molar-refractivity contribution >= 4 is 21.6 Å². The molecular weight excluding hydrogens is 314 g/mol. The molecule has 1 atom stereocenters. The van der Waals surface area contributed by atoms with Crippen LogP contribution in [-0.2, 0) is 14.8 Å². The quantitative estimate of drug-likeness (QED) is 0.730. The Morgan fingerprint density at radius 2 is 1.91 bits per heavy atom. The van der Waals surface area contributed by atoms with Crippen molar-refractivity contribution in [1.82, 2.24) is 10.0 Å². The maximum absolute atomic E-state index is 12.3. The van der Waals surface area contributed by atoms with E-state index in [1.165, 1.54) is 12.1 Å². The van der Waals surface area contributed by atoms with Crippen LogP contribution in [0.25, 0.3) is 0 Å². The fourth-order valence-corrected chi connectivity index (χ4v) is 3.83. The van der Waals surface area contributed by atoms with Crippen LogP contribution < -0.4 is 15.4 Å². The van der Waals surface area contributed by atoms with Gasteiger partial charge in [0.2, 0.25) is 15.9 Å². The summed E-state index contributed by atoms with van der Waals surface area (Å²) in [4.78, 5) is 11.9. The Morgan fingerprint density at radius 1 is 1.17 bits per heavy atom. The average molecular weight is 337 g/mol. The van der Waals surface area contributed by atoms with Crippen LogP contribution in [0.3, 0.4) is 0 Å². The van der Waals surface area contributed by atoms with Crippen LogP contribution in [0.15, 0.2) is 29.2 Å². The van der Waals surface area contributed by atoms with Crippen LogP contribution in [0.5, 0.6) is 0 Å². The minimum Gasteiger partial charge on any atom is -0.326 e. The molecule has 1 aliphatic carbocycles. The number of amides is 1. The number of nitrogens with one attached hydrogen (secondary N) is 3. The van der Waals surface area contributed by atoms with Gasteiger partial charge in [0.05, 0.1) is 4.90 Å². The van der Waals surface area contributed by atoms with E-state index >= 15 is 0 Å². The first kappa shape index (κ1) is 16.4. The summed E-state index contributed by atoms with van der Waals surface area (Å²) in [6.45, 7) is 2.32. The lowest BCUT2D eigenvalue weighted by molar-refractivity contribution is -0.117. The first-order chi connectivity index (χ1) is 11.0. The summed E-state index contributed by atoms with van der Waals surface area (Å²) in [6, 6.07) is 6.34. The zero-order chi connectivity index (χ0) is 16.3. The predicted molar refractivity (Wildman–Crippen MR) is 88.6 cm³/mol. The van der Waals surface area contributed by atoms with Gasteiger partial charge in [0.25, 0.3) is 0 Å². The molecular formula is C16H23N3O3S. The number of carbonyl (C=O) groups excluding carboxylic acids is 1. The number of sulfonamides is 1. The van der Waals surface area contributed by atoms with Gasteiger partial charge >= 0.3 is 0 Å². The standard InChI is InChI=1S/C16H23N3O3S/c20-16(13-3-4-13)19-14-5-7-15(8-6-14)23(21,22)18-11-12-2-1-9-17-10-12/h5-8,12-13,17-18H,1-4,9-11H2,(H,19,20)/t12-/m1/s1. The number of hydrogen-bond donors (Lipinski definition) is 3. The third kappa shape index (κ3) is 4.53. The minimum atomic E-state index is -3.50. The van der Waals surface area contributed by atoms with E-state index in [1.807, 2.05) is 0 Å². The van der Waals surface area contributed by atoms with Gasteiger partial charge in [0.1, 0.15) is 0 Å². The molecule has 0 radical (unpaired) electrons. The molecule has 23 heavy (non-hydrogen) atoms. The lowest BCUT2D eigenvalue weighted by atomic mass is 10.0. The van der Waals surface area contributed by atoms with Gasteiger partial charge in [-0.3, -0.25) is 4.79 Å². The van der Waals surface area contributed by atoms with E-state index in [4.69, 9.17) is 0 Å². The molecule has 2 aliphatic rings. The van der Waals surface area contributed by atoms with Crippen LogP contribution in [0, 0.1) is 11.8 Å². The van der Waals surface area contributed by atoms with Crippen LogP contribution in [0.4, 0.5) is 5.69 Å². The monoisotopic (exact) mass is 337 g/mol. The Bertz CT molecular complexity index is 648. The Hall–Kier alpha value is -1.44. The molecule has 1 heterocycles. The van der Waals surface area contributed by atoms with E-state index in [-0.39, 0.29) is 16.7 Å². The number of anilines is 1. The lowest BCUT2D eigenvalue weighted by Crippen LogP contribution is -2.38. The van der Waals surface area contributed by atoms with Crippen LogP contribution in [0.2, 0.25) is 0 Å². The second kappa shape index (κ2) is 6.98. The van der Waals surface area contributed by atoms with Crippen molar-refractivity contribution in [3.63, 3.8) is 0 Å². The van der Waals surface area contributed by atoms with Crippen molar-refractivity contribution in [3.8, 4) is 0 Å². The summed E-state index contributed by atoms with van der Waals surface area (Å²) < 4.78 is 27.3. The molecule has 7 heteroatoms. The van der Waals surface area contributed by atoms with Crippen molar-refractivity contribution in [3.05, 3.63) is 24.3 Å². The minimum absolute atomic E-state index is 0.0172. The molecule has 1 saturated carbocycles. The first-order valence-electron chi connectivity index (χ1n) is 8.16. The van der Waals surface area contributed by atoms with Crippen molar-refractivity contribution in [1.29, 1.82) is 0 Å². The van der Waals surface area contributed by atoms with Crippen molar-refractivity contribution < 1.29 is 13.2 Å². The lowest BCUT2D eigenvalue weighted by Gasteiger charge is -2.22. The van der Waals surface area contributed by atoms with E-state index in [0.717, 1.165) is 38.8 Å². The van der Waals surface area contributed by atoms with Gasteiger partial charge in [-0.15, -0.1) is 0 Å². The highest BCUT2D eigenvalue weighted by Gasteiger charge is 2.29. The first-order valence-corrected chi connectivity index (χ1v) is 9.64. The summed E-state index contributed by atoms with van der Waals surface area (Å²) in [5.74, 6) is 0.489. The van der Waals surface area contributed by atoms with Crippen molar-refractivity contribution in [2.45, 2.75) is 30.6 Å². The molecule has 3 N–H and O–H groups in total. The molecule has 3 rings (SSSR count).